The first-order valence-electron chi connectivity index (χ1n) is 9.77. The van der Waals surface area contributed by atoms with Crippen LogP contribution in [-0.4, -0.2) is 28.3 Å². The number of hydrogen-bond donors (Lipinski definition) is 1. The van der Waals surface area contributed by atoms with Crippen molar-refractivity contribution in [1.82, 2.24) is 0 Å². The van der Waals surface area contributed by atoms with Crippen molar-refractivity contribution < 1.29 is 17.9 Å². The van der Waals surface area contributed by atoms with Gasteiger partial charge < -0.3 is 9.47 Å². The molecule has 0 saturated carbocycles. The average Bonchev–Trinajstić information content (AvgIpc) is 3.24. The highest BCUT2D eigenvalue weighted by molar-refractivity contribution is 7.89. The van der Waals surface area contributed by atoms with E-state index in [0.717, 1.165) is 22.5 Å². The van der Waals surface area contributed by atoms with Gasteiger partial charge in [0.25, 0.3) is 0 Å². The Balaban J connectivity index is 1.79. The lowest BCUT2D eigenvalue weighted by atomic mass is 9.97. The second-order valence-corrected chi connectivity index (χ2v) is 9.27. The lowest BCUT2D eigenvalue weighted by Crippen LogP contribution is -2.19. The molecule has 0 aliphatic carbocycles. The van der Waals surface area contributed by atoms with Crippen LogP contribution in [0.3, 0.4) is 0 Å². The predicted octanol–water partition coefficient (Wildman–Crippen LogP) is 4.36. The molecule has 1 aliphatic rings. The van der Waals surface area contributed by atoms with Gasteiger partial charge in [-0.2, -0.15) is 5.10 Å². The fourth-order valence-electron chi connectivity index (χ4n) is 3.68. The lowest BCUT2D eigenvalue weighted by Gasteiger charge is -2.24. The van der Waals surface area contributed by atoms with Crippen molar-refractivity contribution in [2.75, 3.05) is 19.2 Å². The largest absolute Gasteiger partial charge is 0.497 e. The van der Waals surface area contributed by atoms with E-state index in [9.17, 15) is 8.42 Å². The molecule has 0 bridgehead atoms. The highest BCUT2D eigenvalue weighted by Crippen LogP contribution is 2.39. The van der Waals surface area contributed by atoms with Crippen LogP contribution in [0.2, 0.25) is 5.02 Å². The SMILES string of the molecule is COc1ccc(OC)c(C2=NN(c3ccc(S(N)(=O)=O)cc3)C(c3ccc(Cl)cc3)C2)c1. The maximum absolute atomic E-state index is 11.6. The molecule has 0 saturated heterocycles. The Morgan fingerprint density at radius 2 is 1.69 bits per heavy atom. The van der Waals surface area contributed by atoms with Crippen molar-refractivity contribution in [3.8, 4) is 11.5 Å². The third-order valence-corrected chi connectivity index (χ3v) is 6.49. The van der Waals surface area contributed by atoms with Gasteiger partial charge in [-0.25, -0.2) is 13.6 Å². The quantitative estimate of drug-likeness (QED) is 0.576. The Morgan fingerprint density at radius 3 is 2.28 bits per heavy atom. The molecule has 9 heteroatoms. The number of hydrazone groups is 1. The molecule has 3 aromatic carbocycles. The minimum Gasteiger partial charge on any atom is -0.497 e. The van der Waals surface area contributed by atoms with Crippen molar-refractivity contribution >= 4 is 33.0 Å². The minimum atomic E-state index is -3.78. The molecule has 1 atom stereocenters. The molecule has 1 aliphatic heterocycles. The molecule has 0 spiro atoms. The number of nitrogens with zero attached hydrogens (tertiary/aromatic N) is 2. The van der Waals surface area contributed by atoms with Crippen LogP contribution in [0, 0.1) is 0 Å². The van der Waals surface area contributed by atoms with Gasteiger partial charge in [-0.05, 0) is 60.2 Å². The molecule has 0 radical (unpaired) electrons. The van der Waals surface area contributed by atoms with Gasteiger partial charge in [-0.3, -0.25) is 5.01 Å². The molecule has 0 fully saturated rings. The molecule has 0 amide bonds. The first-order chi connectivity index (χ1) is 15.3. The van der Waals surface area contributed by atoms with Gasteiger partial charge in [0, 0.05) is 17.0 Å². The number of anilines is 1. The molecule has 166 valence electrons. The summed E-state index contributed by atoms with van der Waals surface area (Å²) in [7, 11) is -0.562. The fourth-order valence-corrected chi connectivity index (χ4v) is 4.33. The van der Waals surface area contributed by atoms with Crippen molar-refractivity contribution in [3.05, 3.63) is 82.9 Å². The summed E-state index contributed by atoms with van der Waals surface area (Å²) < 4.78 is 34.2. The third kappa shape index (κ3) is 4.43. The van der Waals surface area contributed by atoms with E-state index in [1.807, 2.05) is 47.5 Å². The van der Waals surface area contributed by atoms with Gasteiger partial charge in [-0.1, -0.05) is 23.7 Å². The van der Waals surface area contributed by atoms with E-state index in [4.69, 9.17) is 31.3 Å². The number of sulfonamides is 1. The number of hydrogen-bond acceptors (Lipinski definition) is 6. The molecule has 1 unspecified atom stereocenters. The second kappa shape index (κ2) is 8.82. The van der Waals surface area contributed by atoms with Crippen LogP contribution in [0.25, 0.3) is 0 Å². The summed E-state index contributed by atoms with van der Waals surface area (Å²) in [4.78, 5) is 0.0437. The Bertz CT molecular complexity index is 1260. The topological polar surface area (TPSA) is 94.2 Å². The van der Waals surface area contributed by atoms with Crippen LogP contribution in [-0.2, 0) is 10.0 Å². The normalized spacial score (nSPS) is 16.1. The zero-order valence-electron chi connectivity index (χ0n) is 17.5. The van der Waals surface area contributed by atoms with Crippen LogP contribution in [0.1, 0.15) is 23.6 Å². The lowest BCUT2D eigenvalue weighted by molar-refractivity contribution is 0.402. The van der Waals surface area contributed by atoms with E-state index in [-0.39, 0.29) is 10.9 Å². The number of rotatable bonds is 6. The van der Waals surface area contributed by atoms with Gasteiger partial charge in [-0.15, -0.1) is 0 Å². The molecular formula is C23H22ClN3O4S. The zero-order chi connectivity index (χ0) is 22.9. The van der Waals surface area contributed by atoms with Gasteiger partial charge in [0.05, 0.1) is 36.6 Å². The van der Waals surface area contributed by atoms with E-state index in [1.165, 1.54) is 12.1 Å². The Hall–Kier alpha value is -3.07. The molecule has 0 aromatic heterocycles. The monoisotopic (exact) mass is 471 g/mol. The predicted molar refractivity (Wildman–Crippen MR) is 125 cm³/mol. The summed E-state index contributed by atoms with van der Waals surface area (Å²) in [6.07, 6.45) is 0.599. The summed E-state index contributed by atoms with van der Waals surface area (Å²) in [5.74, 6) is 1.38. The van der Waals surface area contributed by atoms with E-state index in [1.54, 1.807) is 26.4 Å². The first-order valence-corrected chi connectivity index (χ1v) is 11.7. The average molecular weight is 472 g/mol. The fraction of sp³-hybridized carbons (Fsp3) is 0.174. The van der Waals surface area contributed by atoms with Crippen LogP contribution in [0.4, 0.5) is 5.69 Å². The van der Waals surface area contributed by atoms with E-state index >= 15 is 0 Å². The molecule has 7 nitrogen and oxygen atoms in total. The molecular weight excluding hydrogens is 450 g/mol. The van der Waals surface area contributed by atoms with Gasteiger partial charge >= 0.3 is 0 Å². The van der Waals surface area contributed by atoms with Crippen LogP contribution in [0.15, 0.2) is 76.7 Å². The minimum absolute atomic E-state index is 0.0437. The Morgan fingerprint density at radius 1 is 1.00 bits per heavy atom. The smallest absolute Gasteiger partial charge is 0.238 e. The Labute approximate surface area is 192 Å². The van der Waals surface area contributed by atoms with E-state index in [2.05, 4.69) is 0 Å². The highest BCUT2D eigenvalue weighted by Gasteiger charge is 2.31. The number of nitrogens with two attached hydrogens (primary N) is 1. The first kappa shape index (κ1) is 22.1. The summed E-state index contributed by atoms with van der Waals surface area (Å²) in [5.41, 5.74) is 3.39. The second-order valence-electron chi connectivity index (χ2n) is 7.27. The van der Waals surface area contributed by atoms with Crippen LogP contribution < -0.4 is 19.6 Å². The van der Waals surface area contributed by atoms with Crippen molar-refractivity contribution in [2.45, 2.75) is 17.4 Å². The third-order valence-electron chi connectivity index (χ3n) is 5.31. The highest BCUT2D eigenvalue weighted by atomic mass is 35.5. The van der Waals surface area contributed by atoms with Gasteiger partial charge in [0.15, 0.2) is 0 Å². The molecule has 32 heavy (non-hydrogen) atoms. The maximum Gasteiger partial charge on any atom is 0.238 e. The number of halogens is 1. The van der Waals surface area contributed by atoms with Crippen LogP contribution in [0.5, 0.6) is 11.5 Å². The summed E-state index contributed by atoms with van der Waals surface area (Å²) in [5, 5.41) is 12.6. The number of methoxy groups -OCH3 is 2. The molecule has 3 aromatic rings. The van der Waals surface area contributed by atoms with Gasteiger partial charge in [0.2, 0.25) is 10.0 Å². The summed E-state index contributed by atoms with van der Waals surface area (Å²) >= 11 is 6.09. The van der Waals surface area contributed by atoms with Crippen molar-refractivity contribution in [1.29, 1.82) is 0 Å². The summed E-state index contributed by atoms with van der Waals surface area (Å²) in [6.45, 7) is 0. The zero-order valence-corrected chi connectivity index (χ0v) is 19.1. The number of benzene rings is 3. The standard InChI is InChI=1S/C23H22ClN3O4S/c1-30-18-9-12-23(31-2)20(13-18)21-14-22(15-3-5-16(24)6-4-15)27(26-21)17-7-10-19(11-8-17)32(25,28)29/h3-13,22H,14H2,1-2H3,(H2,25,28,29). The molecule has 2 N–H and O–H groups in total. The molecule has 4 rings (SSSR count). The van der Waals surface area contributed by atoms with Gasteiger partial charge in [0.1, 0.15) is 11.5 Å². The van der Waals surface area contributed by atoms with Crippen molar-refractivity contribution in [3.63, 3.8) is 0 Å². The van der Waals surface area contributed by atoms with E-state index < -0.39 is 10.0 Å². The Kier molecular flexibility index (Phi) is 6.10. The van der Waals surface area contributed by atoms with E-state index in [0.29, 0.717) is 22.9 Å². The summed E-state index contributed by atoms with van der Waals surface area (Å²) in [6, 6.07) is 19.4. The van der Waals surface area contributed by atoms with Crippen LogP contribution >= 0.6 is 11.6 Å². The number of primary sulfonamides is 1. The molecule has 1 heterocycles. The van der Waals surface area contributed by atoms with Crippen molar-refractivity contribution in [2.24, 2.45) is 10.2 Å². The maximum atomic E-state index is 11.6. The number of ether oxygens (including phenoxy) is 2.